The largest absolute Gasteiger partial charge is 0.497 e. The standard InChI is InChI=1S/C24H28O5/c1-7-28-23(26)24(4,5)29-22-16(2)14-18(15-17(22)3)8-13-21(25)19-9-11-20(27-6)12-10-19/h8-15H,7H2,1-6H3/b13-8+. The molecule has 0 atom stereocenters. The molecule has 0 aliphatic rings. The molecule has 5 heteroatoms. The summed E-state index contributed by atoms with van der Waals surface area (Å²) in [6.07, 6.45) is 3.31. The van der Waals surface area contributed by atoms with E-state index in [9.17, 15) is 9.59 Å². The minimum absolute atomic E-state index is 0.0910. The number of hydrogen-bond donors (Lipinski definition) is 0. The van der Waals surface area contributed by atoms with Gasteiger partial charge in [0.15, 0.2) is 11.4 Å². The highest BCUT2D eigenvalue weighted by Gasteiger charge is 2.32. The minimum atomic E-state index is -1.09. The number of ether oxygens (including phenoxy) is 3. The average Bonchev–Trinajstić information content (AvgIpc) is 2.69. The lowest BCUT2D eigenvalue weighted by Crippen LogP contribution is -2.40. The van der Waals surface area contributed by atoms with Crippen molar-refractivity contribution < 1.29 is 23.8 Å². The maximum Gasteiger partial charge on any atom is 0.349 e. The van der Waals surface area contributed by atoms with Gasteiger partial charge < -0.3 is 14.2 Å². The van der Waals surface area contributed by atoms with Crippen LogP contribution < -0.4 is 9.47 Å². The highest BCUT2D eigenvalue weighted by molar-refractivity contribution is 6.06. The molecule has 2 aromatic rings. The van der Waals surface area contributed by atoms with Crippen molar-refractivity contribution >= 4 is 17.8 Å². The molecule has 5 nitrogen and oxygen atoms in total. The lowest BCUT2D eigenvalue weighted by atomic mass is 10.0. The fourth-order valence-corrected chi connectivity index (χ4v) is 2.87. The summed E-state index contributed by atoms with van der Waals surface area (Å²) < 4.78 is 16.2. The summed E-state index contributed by atoms with van der Waals surface area (Å²) in [5.74, 6) is 0.847. The van der Waals surface area contributed by atoms with Gasteiger partial charge in [-0.2, -0.15) is 0 Å². The maximum absolute atomic E-state index is 12.4. The molecule has 2 aromatic carbocycles. The van der Waals surface area contributed by atoms with Crippen LogP contribution in [0, 0.1) is 13.8 Å². The molecule has 0 saturated carbocycles. The monoisotopic (exact) mass is 396 g/mol. The van der Waals surface area contributed by atoms with E-state index < -0.39 is 11.6 Å². The van der Waals surface area contributed by atoms with Gasteiger partial charge in [0.1, 0.15) is 11.5 Å². The third kappa shape index (κ3) is 5.70. The van der Waals surface area contributed by atoms with Crippen molar-refractivity contribution in [3.63, 3.8) is 0 Å². The Balaban J connectivity index is 2.18. The lowest BCUT2D eigenvalue weighted by Gasteiger charge is -2.26. The van der Waals surface area contributed by atoms with E-state index in [1.165, 1.54) is 0 Å². The second-order valence-electron chi connectivity index (χ2n) is 7.24. The molecule has 2 rings (SSSR count). The average molecular weight is 396 g/mol. The van der Waals surface area contributed by atoms with Gasteiger partial charge >= 0.3 is 5.97 Å². The number of allylic oxidation sites excluding steroid dienone is 1. The number of carbonyl (C=O) groups is 2. The van der Waals surface area contributed by atoms with E-state index in [-0.39, 0.29) is 5.78 Å². The van der Waals surface area contributed by atoms with Crippen molar-refractivity contribution in [1.29, 1.82) is 0 Å². The first kappa shape index (κ1) is 22.2. The molecule has 0 aromatic heterocycles. The van der Waals surface area contributed by atoms with Gasteiger partial charge in [-0.3, -0.25) is 4.79 Å². The molecule has 0 aliphatic carbocycles. The molecule has 0 saturated heterocycles. The lowest BCUT2D eigenvalue weighted by molar-refractivity contribution is -0.158. The van der Waals surface area contributed by atoms with Gasteiger partial charge in [-0.25, -0.2) is 4.79 Å². The highest BCUT2D eigenvalue weighted by Crippen LogP contribution is 2.29. The van der Waals surface area contributed by atoms with Crippen LogP contribution in [0.4, 0.5) is 0 Å². The number of hydrogen-bond acceptors (Lipinski definition) is 5. The molecule has 0 N–H and O–H groups in total. The predicted octanol–water partition coefficient (Wildman–Crippen LogP) is 4.93. The van der Waals surface area contributed by atoms with E-state index in [0.717, 1.165) is 16.7 Å². The predicted molar refractivity (Wildman–Crippen MR) is 114 cm³/mol. The topological polar surface area (TPSA) is 61.8 Å². The molecule has 0 bridgehead atoms. The van der Waals surface area contributed by atoms with Gasteiger partial charge in [-0.15, -0.1) is 0 Å². The Bertz CT molecular complexity index is 884. The molecule has 0 aliphatic heterocycles. The molecule has 0 heterocycles. The van der Waals surface area contributed by atoms with Gasteiger partial charge in [0.2, 0.25) is 0 Å². The van der Waals surface area contributed by atoms with E-state index in [1.807, 2.05) is 26.0 Å². The Kier molecular flexibility index (Phi) is 7.21. The van der Waals surface area contributed by atoms with Crippen LogP contribution in [0.3, 0.4) is 0 Å². The van der Waals surface area contributed by atoms with Crippen molar-refractivity contribution in [3.8, 4) is 11.5 Å². The van der Waals surface area contributed by atoms with Gasteiger partial charge in [0.25, 0.3) is 0 Å². The van der Waals surface area contributed by atoms with Crippen LogP contribution in [0.25, 0.3) is 6.08 Å². The van der Waals surface area contributed by atoms with Crippen molar-refractivity contribution in [2.75, 3.05) is 13.7 Å². The van der Waals surface area contributed by atoms with E-state index in [0.29, 0.717) is 23.7 Å². The molecule has 0 fully saturated rings. The molecular weight excluding hydrogens is 368 g/mol. The van der Waals surface area contributed by atoms with Gasteiger partial charge in [-0.05, 0) is 93.8 Å². The van der Waals surface area contributed by atoms with Crippen molar-refractivity contribution in [3.05, 3.63) is 64.7 Å². The fraction of sp³-hybridized carbons (Fsp3) is 0.333. The second kappa shape index (κ2) is 9.41. The number of aryl methyl sites for hydroxylation is 2. The third-order valence-corrected chi connectivity index (χ3v) is 4.41. The third-order valence-electron chi connectivity index (χ3n) is 4.41. The summed E-state index contributed by atoms with van der Waals surface area (Å²) in [5, 5.41) is 0. The molecule has 0 unspecified atom stereocenters. The van der Waals surface area contributed by atoms with E-state index >= 15 is 0 Å². The molecule has 0 spiro atoms. The quantitative estimate of drug-likeness (QED) is 0.360. The van der Waals surface area contributed by atoms with Crippen molar-refractivity contribution in [2.24, 2.45) is 0 Å². The number of carbonyl (C=O) groups excluding carboxylic acids is 2. The van der Waals surface area contributed by atoms with Gasteiger partial charge in [-0.1, -0.05) is 6.08 Å². The van der Waals surface area contributed by atoms with Crippen LogP contribution in [0.2, 0.25) is 0 Å². The van der Waals surface area contributed by atoms with Gasteiger partial charge in [0, 0.05) is 5.56 Å². The maximum atomic E-state index is 12.4. The number of ketones is 1. The molecular formula is C24H28O5. The Morgan fingerprint density at radius 1 is 1.03 bits per heavy atom. The zero-order chi connectivity index (χ0) is 21.6. The van der Waals surface area contributed by atoms with Crippen molar-refractivity contribution in [2.45, 2.75) is 40.2 Å². The normalized spacial score (nSPS) is 11.4. The fourth-order valence-electron chi connectivity index (χ4n) is 2.87. The van der Waals surface area contributed by atoms with Crippen LogP contribution in [-0.4, -0.2) is 31.1 Å². The Morgan fingerprint density at radius 2 is 1.62 bits per heavy atom. The summed E-state index contributed by atoms with van der Waals surface area (Å²) in [5.41, 5.74) is 2.13. The first-order valence-corrected chi connectivity index (χ1v) is 9.52. The molecule has 0 radical (unpaired) electrons. The van der Waals surface area contributed by atoms with E-state index in [4.69, 9.17) is 14.2 Å². The first-order chi connectivity index (χ1) is 13.7. The summed E-state index contributed by atoms with van der Waals surface area (Å²) >= 11 is 0. The Hall–Kier alpha value is -3.08. The second-order valence-corrected chi connectivity index (χ2v) is 7.24. The highest BCUT2D eigenvalue weighted by atomic mass is 16.6. The summed E-state index contributed by atoms with van der Waals surface area (Å²) in [6, 6.07) is 10.8. The summed E-state index contributed by atoms with van der Waals surface area (Å²) in [7, 11) is 1.59. The zero-order valence-corrected chi connectivity index (χ0v) is 17.9. The zero-order valence-electron chi connectivity index (χ0n) is 17.9. The number of methoxy groups -OCH3 is 1. The molecule has 154 valence electrons. The van der Waals surface area contributed by atoms with E-state index in [2.05, 4.69) is 0 Å². The number of benzene rings is 2. The molecule has 0 amide bonds. The van der Waals surface area contributed by atoms with Crippen LogP contribution in [-0.2, 0) is 9.53 Å². The summed E-state index contributed by atoms with van der Waals surface area (Å²) in [4.78, 5) is 24.5. The first-order valence-electron chi connectivity index (χ1n) is 9.52. The summed E-state index contributed by atoms with van der Waals surface area (Å²) in [6.45, 7) is 9.25. The smallest absolute Gasteiger partial charge is 0.349 e. The van der Waals surface area contributed by atoms with Crippen LogP contribution in [0.5, 0.6) is 11.5 Å². The van der Waals surface area contributed by atoms with E-state index in [1.54, 1.807) is 64.3 Å². The van der Waals surface area contributed by atoms with Gasteiger partial charge in [0.05, 0.1) is 13.7 Å². The van der Waals surface area contributed by atoms with Crippen LogP contribution in [0.15, 0.2) is 42.5 Å². The SMILES string of the molecule is CCOC(=O)C(C)(C)Oc1c(C)cc(/C=C/C(=O)c2ccc(OC)cc2)cc1C. The minimum Gasteiger partial charge on any atom is -0.497 e. The number of rotatable bonds is 8. The van der Waals surface area contributed by atoms with Crippen LogP contribution >= 0.6 is 0 Å². The van der Waals surface area contributed by atoms with Crippen molar-refractivity contribution in [1.82, 2.24) is 0 Å². The molecule has 29 heavy (non-hydrogen) atoms. The van der Waals surface area contributed by atoms with Crippen LogP contribution in [0.1, 0.15) is 47.8 Å². The Labute approximate surface area is 172 Å². The number of esters is 1. The Morgan fingerprint density at radius 3 is 2.14 bits per heavy atom.